The zero-order valence-electron chi connectivity index (χ0n) is 22.0. The summed E-state index contributed by atoms with van der Waals surface area (Å²) in [7, 11) is 1.52. The number of aliphatic hydroxyl groups excluding tert-OH is 1. The predicted octanol–water partition coefficient (Wildman–Crippen LogP) is 6.59. The molecule has 0 spiro atoms. The Hall–Kier alpha value is -4.55. The topological polar surface area (TPSA) is 78.1 Å². The van der Waals surface area contributed by atoms with E-state index in [1.165, 1.54) is 7.11 Å². The monoisotopic (exact) mass is 522 g/mol. The van der Waals surface area contributed by atoms with E-state index in [4.69, 9.17) is 18.6 Å². The first-order valence-corrected chi connectivity index (χ1v) is 12.8. The fraction of sp³-hybridized carbons (Fsp3) is 0.182. The van der Waals surface area contributed by atoms with Crippen LogP contribution < -0.4 is 19.6 Å². The highest BCUT2D eigenvalue weighted by Crippen LogP contribution is 2.38. The third-order valence-electron chi connectivity index (χ3n) is 6.56. The molecule has 6 nitrogen and oxygen atoms in total. The van der Waals surface area contributed by atoms with Crippen LogP contribution in [0.25, 0.3) is 21.9 Å². The van der Waals surface area contributed by atoms with Gasteiger partial charge in [-0.2, -0.15) is 0 Å². The van der Waals surface area contributed by atoms with E-state index in [1.54, 1.807) is 24.3 Å². The molecular formula is C33H30O6. The van der Waals surface area contributed by atoms with Crippen molar-refractivity contribution < 1.29 is 23.7 Å². The first-order chi connectivity index (χ1) is 19.1. The van der Waals surface area contributed by atoms with Gasteiger partial charge in [-0.25, -0.2) is 0 Å². The van der Waals surface area contributed by atoms with E-state index < -0.39 is 0 Å². The molecule has 0 aliphatic carbocycles. The molecule has 1 N–H and O–H groups in total. The lowest BCUT2D eigenvalue weighted by molar-refractivity contribution is 0.300. The Morgan fingerprint density at radius 3 is 2.08 bits per heavy atom. The Morgan fingerprint density at radius 2 is 1.46 bits per heavy atom. The molecule has 0 fully saturated rings. The first-order valence-electron chi connectivity index (χ1n) is 12.8. The lowest BCUT2D eigenvalue weighted by Gasteiger charge is -2.17. The van der Waals surface area contributed by atoms with Crippen molar-refractivity contribution in [3.63, 3.8) is 0 Å². The van der Waals surface area contributed by atoms with Crippen LogP contribution in [0.2, 0.25) is 0 Å². The third-order valence-corrected chi connectivity index (χ3v) is 6.56. The fourth-order valence-corrected chi connectivity index (χ4v) is 4.43. The zero-order chi connectivity index (χ0) is 27.2. The van der Waals surface area contributed by atoms with Gasteiger partial charge in [-0.3, -0.25) is 4.79 Å². The van der Waals surface area contributed by atoms with Gasteiger partial charge >= 0.3 is 0 Å². The van der Waals surface area contributed by atoms with Gasteiger partial charge in [0.25, 0.3) is 0 Å². The standard InChI is InChI=1S/C33H30O6/c1-22(19-34)16-17-25-28(38-21-24-12-7-4-8-13-24)18-29(36-2)30-31(35)26-14-9-15-27(32(26)39-33(25)30)37-20-23-10-5-3-6-11-23/h3-16,18,34H,17,19-21H2,1-2H3/b22-16-. The van der Waals surface area contributed by atoms with Crippen LogP contribution in [0.3, 0.4) is 0 Å². The van der Waals surface area contributed by atoms with Crippen molar-refractivity contribution in [3.05, 3.63) is 123 Å². The summed E-state index contributed by atoms with van der Waals surface area (Å²) in [6, 6.07) is 26.7. The van der Waals surface area contributed by atoms with Gasteiger partial charge in [0.2, 0.25) is 5.43 Å². The molecule has 0 amide bonds. The molecule has 0 saturated carbocycles. The summed E-state index contributed by atoms with van der Waals surface area (Å²) in [6.45, 7) is 2.43. The highest BCUT2D eigenvalue weighted by Gasteiger charge is 2.22. The van der Waals surface area contributed by atoms with Crippen LogP contribution in [-0.4, -0.2) is 18.8 Å². The molecule has 0 aliphatic heterocycles. The minimum Gasteiger partial charge on any atom is -0.496 e. The van der Waals surface area contributed by atoms with Crippen LogP contribution in [0.4, 0.5) is 0 Å². The minimum atomic E-state index is -0.216. The lowest BCUT2D eigenvalue weighted by atomic mass is 10.0. The average Bonchev–Trinajstić information content (AvgIpc) is 2.98. The summed E-state index contributed by atoms with van der Waals surface area (Å²) in [5, 5.41) is 10.3. The molecule has 1 aromatic heterocycles. The molecule has 0 aliphatic rings. The summed E-state index contributed by atoms with van der Waals surface area (Å²) in [6.07, 6.45) is 2.29. The molecule has 0 bridgehead atoms. The molecule has 6 heteroatoms. The fourth-order valence-electron chi connectivity index (χ4n) is 4.43. The highest BCUT2D eigenvalue weighted by molar-refractivity contribution is 5.97. The van der Waals surface area contributed by atoms with Crippen molar-refractivity contribution in [3.8, 4) is 17.2 Å². The van der Waals surface area contributed by atoms with E-state index in [2.05, 4.69) is 0 Å². The molecule has 5 rings (SSSR count). The first kappa shape index (κ1) is 26.1. The van der Waals surface area contributed by atoms with Crippen molar-refractivity contribution in [2.24, 2.45) is 0 Å². The van der Waals surface area contributed by atoms with Crippen molar-refractivity contribution >= 4 is 21.9 Å². The Kier molecular flexibility index (Phi) is 7.94. The van der Waals surface area contributed by atoms with E-state index in [0.29, 0.717) is 64.4 Å². The number of allylic oxidation sites excluding steroid dienone is 1. The van der Waals surface area contributed by atoms with Crippen molar-refractivity contribution in [1.29, 1.82) is 0 Å². The van der Waals surface area contributed by atoms with Crippen LogP contribution in [0, 0.1) is 0 Å². The van der Waals surface area contributed by atoms with E-state index in [0.717, 1.165) is 16.7 Å². The Balaban J connectivity index is 1.68. The summed E-state index contributed by atoms with van der Waals surface area (Å²) in [5.41, 5.74) is 3.99. The average molecular weight is 523 g/mol. The van der Waals surface area contributed by atoms with E-state index >= 15 is 0 Å². The number of ether oxygens (including phenoxy) is 3. The molecule has 4 aromatic carbocycles. The maximum Gasteiger partial charge on any atom is 0.204 e. The number of para-hydroxylation sites is 1. The Labute approximate surface area is 226 Å². The second kappa shape index (κ2) is 11.9. The SMILES string of the molecule is COc1cc(OCc2ccccc2)c(C/C=C(/C)CO)c2oc3c(OCc4ccccc4)cccc3c(=O)c12. The number of fused-ring (bicyclic) bond motifs is 2. The molecule has 198 valence electrons. The zero-order valence-corrected chi connectivity index (χ0v) is 22.0. The van der Waals surface area contributed by atoms with E-state index in [1.807, 2.05) is 73.7 Å². The Morgan fingerprint density at radius 1 is 0.821 bits per heavy atom. The maximum absolute atomic E-state index is 13.8. The van der Waals surface area contributed by atoms with Crippen molar-refractivity contribution in [2.45, 2.75) is 26.6 Å². The smallest absolute Gasteiger partial charge is 0.204 e. The molecular weight excluding hydrogens is 492 g/mol. The largest absolute Gasteiger partial charge is 0.496 e. The Bertz CT molecular complexity index is 1670. The summed E-state index contributed by atoms with van der Waals surface area (Å²) in [4.78, 5) is 13.8. The van der Waals surface area contributed by atoms with Crippen LogP contribution >= 0.6 is 0 Å². The van der Waals surface area contributed by atoms with Gasteiger partial charge in [0.15, 0.2) is 11.3 Å². The quantitative estimate of drug-likeness (QED) is 0.165. The predicted molar refractivity (Wildman–Crippen MR) is 153 cm³/mol. The maximum atomic E-state index is 13.8. The van der Waals surface area contributed by atoms with Gasteiger partial charge in [0.1, 0.15) is 35.7 Å². The normalized spacial score (nSPS) is 11.6. The van der Waals surface area contributed by atoms with E-state index in [-0.39, 0.29) is 12.0 Å². The number of hydrogen-bond acceptors (Lipinski definition) is 6. The number of hydrogen-bond donors (Lipinski definition) is 1. The number of aliphatic hydroxyl groups is 1. The summed E-state index contributed by atoms with van der Waals surface area (Å²) in [5.74, 6) is 1.37. The van der Waals surface area contributed by atoms with E-state index in [9.17, 15) is 9.90 Å². The molecule has 0 unspecified atom stereocenters. The van der Waals surface area contributed by atoms with Crippen LogP contribution in [-0.2, 0) is 19.6 Å². The summed E-state index contributed by atoms with van der Waals surface area (Å²) < 4.78 is 24.5. The van der Waals surface area contributed by atoms with Crippen molar-refractivity contribution in [1.82, 2.24) is 0 Å². The summed E-state index contributed by atoms with van der Waals surface area (Å²) >= 11 is 0. The van der Waals surface area contributed by atoms with Gasteiger partial charge in [0.05, 0.1) is 19.1 Å². The number of rotatable bonds is 10. The van der Waals surface area contributed by atoms with Crippen molar-refractivity contribution in [2.75, 3.05) is 13.7 Å². The molecule has 0 atom stereocenters. The van der Waals surface area contributed by atoms with Gasteiger partial charge in [-0.1, -0.05) is 78.4 Å². The molecule has 5 aromatic rings. The van der Waals surface area contributed by atoms with Gasteiger partial charge in [-0.15, -0.1) is 0 Å². The number of benzene rings is 4. The van der Waals surface area contributed by atoms with Crippen LogP contribution in [0.5, 0.6) is 17.2 Å². The van der Waals surface area contributed by atoms with Gasteiger partial charge in [0, 0.05) is 11.6 Å². The molecule has 1 heterocycles. The van der Waals surface area contributed by atoms with Crippen LogP contribution in [0.1, 0.15) is 23.6 Å². The molecule has 39 heavy (non-hydrogen) atoms. The number of methoxy groups -OCH3 is 1. The van der Waals surface area contributed by atoms with Gasteiger partial charge < -0.3 is 23.7 Å². The lowest BCUT2D eigenvalue weighted by Crippen LogP contribution is -2.08. The second-order valence-corrected chi connectivity index (χ2v) is 9.28. The van der Waals surface area contributed by atoms with Gasteiger partial charge in [-0.05, 0) is 36.6 Å². The molecule has 0 radical (unpaired) electrons. The second-order valence-electron chi connectivity index (χ2n) is 9.28. The third kappa shape index (κ3) is 5.66. The minimum absolute atomic E-state index is 0.0708. The highest BCUT2D eigenvalue weighted by atomic mass is 16.5. The molecule has 0 saturated heterocycles. The van der Waals surface area contributed by atoms with Crippen LogP contribution in [0.15, 0.2) is 106 Å².